The summed E-state index contributed by atoms with van der Waals surface area (Å²) in [5.74, 6) is 0.292. The molecular weight excluding hydrogens is 355 g/mol. The van der Waals surface area contributed by atoms with Gasteiger partial charge in [-0.25, -0.2) is 0 Å². The molecule has 0 spiro atoms. The quantitative estimate of drug-likeness (QED) is 0.841. The Bertz CT molecular complexity index is 762. The zero-order chi connectivity index (χ0) is 19.4. The number of hydrogen-bond acceptors (Lipinski definition) is 3. The molecule has 0 aliphatic carbocycles. The lowest BCUT2D eigenvalue weighted by molar-refractivity contribution is -0.137. The van der Waals surface area contributed by atoms with E-state index in [-0.39, 0.29) is 24.3 Å². The average molecular weight is 377 g/mol. The van der Waals surface area contributed by atoms with Crippen molar-refractivity contribution in [3.8, 4) is 0 Å². The highest BCUT2D eigenvalue weighted by atomic mass is 19.4. The SMILES string of the molecule is NC[C@@H]1CN(CC(=O)Nc2ccc(C(F)(F)F)cc2)C[C@H]1c1ccccc1. The fraction of sp³-hybridized carbons (Fsp3) is 0.350. The Morgan fingerprint density at radius 2 is 1.74 bits per heavy atom. The molecule has 0 aromatic heterocycles. The van der Waals surface area contributed by atoms with Gasteiger partial charge in [-0.1, -0.05) is 30.3 Å². The number of nitrogens with zero attached hydrogens (tertiary/aromatic N) is 1. The number of anilines is 1. The summed E-state index contributed by atoms with van der Waals surface area (Å²) in [5.41, 5.74) is 6.73. The minimum atomic E-state index is -4.39. The van der Waals surface area contributed by atoms with E-state index in [1.54, 1.807) is 0 Å². The lowest BCUT2D eigenvalue weighted by atomic mass is 9.89. The maximum atomic E-state index is 12.6. The number of likely N-dealkylation sites (tertiary alicyclic amines) is 1. The van der Waals surface area contributed by atoms with Crippen molar-refractivity contribution >= 4 is 11.6 Å². The number of hydrogen-bond donors (Lipinski definition) is 2. The number of benzene rings is 2. The standard InChI is InChI=1S/C20H22F3N3O/c21-20(22,23)16-6-8-17(9-7-16)25-19(27)13-26-11-15(10-24)18(12-26)14-4-2-1-3-5-14/h1-9,15,18H,10-13,24H2,(H,25,27)/t15-,18+/m1/s1. The molecule has 144 valence electrons. The average Bonchev–Trinajstić information content (AvgIpc) is 3.05. The van der Waals surface area contributed by atoms with Crippen LogP contribution in [0.15, 0.2) is 54.6 Å². The lowest BCUT2D eigenvalue weighted by Crippen LogP contribution is -2.32. The summed E-state index contributed by atoms with van der Waals surface area (Å²) in [5, 5.41) is 2.66. The maximum Gasteiger partial charge on any atom is 0.416 e. The maximum absolute atomic E-state index is 12.6. The smallest absolute Gasteiger partial charge is 0.330 e. The third-order valence-corrected chi connectivity index (χ3v) is 4.91. The second-order valence-corrected chi connectivity index (χ2v) is 6.83. The molecule has 27 heavy (non-hydrogen) atoms. The summed E-state index contributed by atoms with van der Waals surface area (Å²) in [4.78, 5) is 14.3. The molecule has 2 atom stereocenters. The minimum Gasteiger partial charge on any atom is -0.330 e. The van der Waals surface area contributed by atoms with Crippen molar-refractivity contribution < 1.29 is 18.0 Å². The molecule has 1 fully saturated rings. The molecule has 3 rings (SSSR count). The number of rotatable bonds is 5. The fourth-order valence-corrected chi connectivity index (χ4v) is 3.55. The first-order valence-corrected chi connectivity index (χ1v) is 8.81. The third kappa shape index (κ3) is 4.87. The van der Waals surface area contributed by atoms with Crippen LogP contribution in [0.2, 0.25) is 0 Å². The molecule has 1 heterocycles. The van der Waals surface area contributed by atoms with Crippen molar-refractivity contribution in [1.82, 2.24) is 4.90 Å². The van der Waals surface area contributed by atoms with Crippen LogP contribution < -0.4 is 11.1 Å². The number of nitrogens with one attached hydrogen (secondary N) is 1. The molecule has 1 saturated heterocycles. The van der Waals surface area contributed by atoms with Gasteiger partial charge < -0.3 is 11.1 Å². The predicted molar refractivity (Wildman–Crippen MR) is 98.2 cm³/mol. The molecule has 1 aliphatic rings. The molecule has 0 saturated carbocycles. The van der Waals surface area contributed by atoms with Crippen molar-refractivity contribution in [2.24, 2.45) is 11.7 Å². The van der Waals surface area contributed by atoms with Gasteiger partial charge in [0.05, 0.1) is 12.1 Å². The van der Waals surface area contributed by atoms with Crippen molar-refractivity contribution in [2.45, 2.75) is 12.1 Å². The van der Waals surface area contributed by atoms with E-state index in [0.717, 1.165) is 25.2 Å². The Morgan fingerprint density at radius 1 is 1.07 bits per heavy atom. The van der Waals surface area contributed by atoms with Gasteiger partial charge in [-0.2, -0.15) is 13.2 Å². The molecule has 0 radical (unpaired) electrons. The van der Waals surface area contributed by atoms with E-state index >= 15 is 0 Å². The van der Waals surface area contributed by atoms with E-state index < -0.39 is 11.7 Å². The Balaban J connectivity index is 1.58. The van der Waals surface area contributed by atoms with Crippen LogP contribution in [-0.2, 0) is 11.0 Å². The zero-order valence-corrected chi connectivity index (χ0v) is 14.7. The number of amides is 1. The van der Waals surface area contributed by atoms with Crippen molar-refractivity contribution in [3.05, 3.63) is 65.7 Å². The Labute approximate surface area is 156 Å². The van der Waals surface area contributed by atoms with E-state index in [1.807, 2.05) is 23.1 Å². The molecule has 4 nitrogen and oxygen atoms in total. The molecule has 7 heteroatoms. The molecular formula is C20H22F3N3O. The van der Waals surface area contributed by atoms with Gasteiger partial charge in [0.1, 0.15) is 0 Å². The molecule has 1 amide bonds. The number of carbonyl (C=O) groups is 1. The van der Waals surface area contributed by atoms with Crippen LogP contribution in [0.3, 0.4) is 0 Å². The van der Waals surface area contributed by atoms with Crippen LogP contribution in [0.25, 0.3) is 0 Å². The van der Waals surface area contributed by atoms with E-state index in [9.17, 15) is 18.0 Å². The number of halogens is 3. The largest absolute Gasteiger partial charge is 0.416 e. The van der Waals surface area contributed by atoms with Crippen molar-refractivity contribution in [2.75, 3.05) is 31.5 Å². The van der Waals surface area contributed by atoms with Crippen molar-refractivity contribution in [3.63, 3.8) is 0 Å². The summed E-state index contributed by atoms with van der Waals surface area (Å²) >= 11 is 0. The summed E-state index contributed by atoms with van der Waals surface area (Å²) in [6.45, 7) is 2.17. The van der Waals surface area contributed by atoms with E-state index in [2.05, 4.69) is 17.4 Å². The number of alkyl halides is 3. The van der Waals surface area contributed by atoms with Crippen LogP contribution in [-0.4, -0.2) is 37.0 Å². The van der Waals surface area contributed by atoms with Gasteiger partial charge in [-0.15, -0.1) is 0 Å². The summed E-state index contributed by atoms with van der Waals surface area (Å²) < 4.78 is 37.8. The highest BCUT2D eigenvalue weighted by molar-refractivity contribution is 5.92. The highest BCUT2D eigenvalue weighted by Gasteiger charge is 2.33. The third-order valence-electron chi connectivity index (χ3n) is 4.91. The minimum absolute atomic E-state index is 0.181. The van der Waals surface area contributed by atoms with Crippen LogP contribution in [0.4, 0.5) is 18.9 Å². The van der Waals surface area contributed by atoms with Gasteiger partial charge in [0.15, 0.2) is 0 Å². The van der Waals surface area contributed by atoms with Gasteiger partial charge >= 0.3 is 6.18 Å². The van der Waals surface area contributed by atoms with Gasteiger partial charge in [0.2, 0.25) is 5.91 Å². The predicted octanol–water partition coefficient (Wildman–Crippen LogP) is 3.32. The highest BCUT2D eigenvalue weighted by Crippen LogP contribution is 2.32. The second kappa shape index (κ2) is 8.10. The van der Waals surface area contributed by atoms with Crippen LogP contribution in [0.1, 0.15) is 17.0 Å². The normalized spacial score (nSPS) is 20.6. The summed E-state index contributed by atoms with van der Waals surface area (Å²) in [7, 11) is 0. The van der Waals surface area contributed by atoms with Crippen LogP contribution in [0, 0.1) is 5.92 Å². The van der Waals surface area contributed by atoms with E-state index in [0.29, 0.717) is 12.2 Å². The van der Waals surface area contributed by atoms with Crippen LogP contribution in [0.5, 0.6) is 0 Å². The van der Waals surface area contributed by atoms with Gasteiger partial charge in [0.25, 0.3) is 0 Å². The van der Waals surface area contributed by atoms with Crippen LogP contribution >= 0.6 is 0 Å². The molecule has 1 aliphatic heterocycles. The summed E-state index contributed by atoms with van der Waals surface area (Å²) in [6.07, 6.45) is -4.39. The first-order valence-electron chi connectivity index (χ1n) is 8.81. The monoisotopic (exact) mass is 377 g/mol. The lowest BCUT2D eigenvalue weighted by Gasteiger charge is -2.16. The first kappa shape index (κ1) is 19.4. The van der Waals surface area contributed by atoms with Gasteiger partial charge in [-0.3, -0.25) is 9.69 Å². The van der Waals surface area contributed by atoms with E-state index in [1.165, 1.54) is 17.7 Å². The first-order chi connectivity index (χ1) is 12.9. The van der Waals surface area contributed by atoms with E-state index in [4.69, 9.17) is 5.73 Å². The van der Waals surface area contributed by atoms with Gasteiger partial charge in [-0.05, 0) is 42.3 Å². The Hall–Kier alpha value is -2.38. The molecule has 3 N–H and O–H groups in total. The second-order valence-electron chi connectivity index (χ2n) is 6.83. The molecule has 0 bridgehead atoms. The van der Waals surface area contributed by atoms with Crippen molar-refractivity contribution in [1.29, 1.82) is 0 Å². The Morgan fingerprint density at radius 3 is 2.33 bits per heavy atom. The fourth-order valence-electron chi connectivity index (χ4n) is 3.55. The molecule has 2 aromatic carbocycles. The van der Waals surface area contributed by atoms with Gasteiger partial charge in [0, 0.05) is 24.7 Å². The zero-order valence-electron chi connectivity index (χ0n) is 14.7. The number of carbonyl (C=O) groups excluding carboxylic acids is 1. The number of nitrogens with two attached hydrogens (primary N) is 1. The summed E-state index contributed by atoms with van der Waals surface area (Å²) in [6, 6.07) is 14.5. The molecule has 2 aromatic rings. The molecule has 0 unspecified atom stereocenters. The Kier molecular flexibility index (Phi) is 5.82. The topological polar surface area (TPSA) is 58.4 Å².